The molecule has 1 N–H and O–H groups in total. The third-order valence-corrected chi connectivity index (χ3v) is 2.99. The first-order valence-electron chi connectivity index (χ1n) is 5.81. The molecule has 0 aromatic carbocycles. The summed E-state index contributed by atoms with van der Waals surface area (Å²) in [5.74, 6) is 2.63. The van der Waals surface area contributed by atoms with Crippen molar-refractivity contribution in [2.24, 2.45) is 17.8 Å². The van der Waals surface area contributed by atoms with E-state index in [9.17, 15) is 0 Å². The molecular weight excluding hydrogens is 158 g/mol. The van der Waals surface area contributed by atoms with Crippen molar-refractivity contribution in [3.05, 3.63) is 0 Å². The lowest BCUT2D eigenvalue weighted by Crippen LogP contribution is -2.38. The highest BCUT2D eigenvalue weighted by Gasteiger charge is 2.23. The molecule has 1 fully saturated rings. The maximum absolute atomic E-state index is 3.68. The van der Waals surface area contributed by atoms with Crippen LogP contribution in [-0.4, -0.2) is 12.6 Å². The van der Waals surface area contributed by atoms with Gasteiger partial charge in [-0.3, -0.25) is 0 Å². The minimum Gasteiger partial charge on any atom is -0.314 e. The average Bonchev–Trinajstić information content (AvgIpc) is 1.99. The van der Waals surface area contributed by atoms with Crippen molar-refractivity contribution in [2.45, 2.75) is 53.0 Å². The van der Waals surface area contributed by atoms with Crippen molar-refractivity contribution in [3.8, 4) is 0 Å². The minimum absolute atomic E-state index is 0.785. The van der Waals surface area contributed by atoms with Crippen LogP contribution in [0.25, 0.3) is 0 Å². The van der Waals surface area contributed by atoms with Gasteiger partial charge in [-0.1, -0.05) is 27.7 Å². The first-order valence-corrected chi connectivity index (χ1v) is 5.81. The van der Waals surface area contributed by atoms with E-state index in [0.717, 1.165) is 23.8 Å². The zero-order valence-corrected chi connectivity index (χ0v) is 9.64. The van der Waals surface area contributed by atoms with Crippen molar-refractivity contribution < 1.29 is 0 Å². The van der Waals surface area contributed by atoms with Gasteiger partial charge in [0.2, 0.25) is 0 Å². The van der Waals surface area contributed by atoms with Crippen molar-refractivity contribution in [2.75, 3.05) is 6.54 Å². The van der Waals surface area contributed by atoms with Crippen LogP contribution in [0.3, 0.4) is 0 Å². The summed E-state index contributed by atoms with van der Waals surface area (Å²) < 4.78 is 0. The van der Waals surface area contributed by atoms with Gasteiger partial charge in [-0.2, -0.15) is 0 Å². The fourth-order valence-corrected chi connectivity index (χ4v) is 2.52. The van der Waals surface area contributed by atoms with E-state index in [0.29, 0.717) is 0 Å². The largest absolute Gasteiger partial charge is 0.314 e. The highest BCUT2D eigenvalue weighted by molar-refractivity contribution is 4.79. The van der Waals surface area contributed by atoms with E-state index in [1.807, 2.05) is 0 Å². The minimum atomic E-state index is 0.785. The molecular formula is C12H25N. The van der Waals surface area contributed by atoms with E-state index >= 15 is 0 Å². The standard InChI is InChI=1S/C12H25N/c1-9(2)8-13-12-6-10(3)5-11(4)7-12/h9-13H,5-8H2,1-4H3. The van der Waals surface area contributed by atoms with E-state index in [1.54, 1.807) is 0 Å². The van der Waals surface area contributed by atoms with Crippen LogP contribution < -0.4 is 5.32 Å². The molecule has 1 aliphatic carbocycles. The molecule has 13 heavy (non-hydrogen) atoms. The molecule has 1 aliphatic rings. The molecule has 1 nitrogen and oxygen atoms in total. The molecule has 1 heteroatoms. The number of hydrogen-bond donors (Lipinski definition) is 1. The molecule has 1 rings (SSSR count). The van der Waals surface area contributed by atoms with E-state index in [1.165, 1.54) is 25.8 Å². The first kappa shape index (κ1) is 11.0. The van der Waals surface area contributed by atoms with Crippen molar-refractivity contribution in [1.82, 2.24) is 5.32 Å². The van der Waals surface area contributed by atoms with Gasteiger partial charge in [0, 0.05) is 6.04 Å². The summed E-state index contributed by atoms with van der Waals surface area (Å²) in [7, 11) is 0. The maximum Gasteiger partial charge on any atom is 0.00722 e. The van der Waals surface area contributed by atoms with E-state index in [2.05, 4.69) is 33.0 Å². The number of hydrogen-bond acceptors (Lipinski definition) is 1. The number of rotatable bonds is 3. The lowest BCUT2D eigenvalue weighted by molar-refractivity contribution is 0.235. The topological polar surface area (TPSA) is 12.0 Å². The Kier molecular flexibility index (Phi) is 4.24. The SMILES string of the molecule is CC(C)CNC1CC(C)CC(C)C1. The highest BCUT2D eigenvalue weighted by Crippen LogP contribution is 2.28. The summed E-state index contributed by atoms with van der Waals surface area (Å²) in [5, 5.41) is 3.68. The Bertz CT molecular complexity index is 132. The molecule has 1 saturated carbocycles. The van der Waals surface area contributed by atoms with Crippen molar-refractivity contribution >= 4 is 0 Å². The van der Waals surface area contributed by atoms with Crippen LogP contribution in [0.4, 0.5) is 0 Å². The second kappa shape index (κ2) is 4.99. The van der Waals surface area contributed by atoms with E-state index in [-0.39, 0.29) is 0 Å². The predicted molar refractivity (Wildman–Crippen MR) is 58.8 cm³/mol. The molecule has 0 aromatic heterocycles. The van der Waals surface area contributed by atoms with Crippen molar-refractivity contribution in [1.29, 1.82) is 0 Å². The lowest BCUT2D eigenvalue weighted by atomic mass is 9.80. The summed E-state index contributed by atoms with van der Waals surface area (Å²) in [6, 6.07) is 0.793. The molecule has 2 atom stereocenters. The zero-order valence-electron chi connectivity index (χ0n) is 9.64. The van der Waals surface area contributed by atoms with Crippen molar-refractivity contribution in [3.63, 3.8) is 0 Å². The van der Waals surface area contributed by atoms with E-state index in [4.69, 9.17) is 0 Å². The van der Waals surface area contributed by atoms with Crippen LogP contribution in [0.1, 0.15) is 47.0 Å². The molecule has 0 spiro atoms. The van der Waals surface area contributed by atoms with E-state index < -0.39 is 0 Å². The molecule has 0 radical (unpaired) electrons. The van der Waals surface area contributed by atoms with Gasteiger partial charge in [-0.15, -0.1) is 0 Å². The Labute approximate surface area is 83.3 Å². The molecule has 0 amide bonds. The second-order valence-corrected chi connectivity index (χ2v) is 5.42. The predicted octanol–water partition coefficient (Wildman–Crippen LogP) is 3.06. The Balaban J connectivity index is 2.25. The number of nitrogens with one attached hydrogen (secondary N) is 1. The van der Waals surface area contributed by atoms with Gasteiger partial charge in [0.1, 0.15) is 0 Å². The highest BCUT2D eigenvalue weighted by atomic mass is 14.9. The van der Waals surface area contributed by atoms with Crippen LogP contribution in [0, 0.1) is 17.8 Å². The quantitative estimate of drug-likeness (QED) is 0.709. The Morgan fingerprint density at radius 2 is 1.62 bits per heavy atom. The van der Waals surface area contributed by atoms with Crippen LogP contribution in [0.15, 0.2) is 0 Å². The molecule has 0 aromatic rings. The summed E-state index contributed by atoms with van der Waals surface area (Å²) in [4.78, 5) is 0. The summed E-state index contributed by atoms with van der Waals surface area (Å²) in [5.41, 5.74) is 0. The maximum atomic E-state index is 3.68. The molecule has 78 valence electrons. The molecule has 0 saturated heterocycles. The summed E-state index contributed by atoms with van der Waals surface area (Å²) >= 11 is 0. The normalized spacial score (nSPS) is 35.3. The monoisotopic (exact) mass is 183 g/mol. The molecule has 0 heterocycles. The Morgan fingerprint density at radius 3 is 2.08 bits per heavy atom. The Morgan fingerprint density at radius 1 is 1.08 bits per heavy atom. The fourth-order valence-electron chi connectivity index (χ4n) is 2.52. The van der Waals surface area contributed by atoms with Gasteiger partial charge < -0.3 is 5.32 Å². The molecule has 0 aliphatic heterocycles. The van der Waals surface area contributed by atoms with Gasteiger partial charge in [0.25, 0.3) is 0 Å². The van der Waals surface area contributed by atoms with Crippen LogP contribution in [0.5, 0.6) is 0 Å². The third-order valence-electron chi connectivity index (χ3n) is 2.99. The third kappa shape index (κ3) is 4.12. The van der Waals surface area contributed by atoms with Gasteiger partial charge >= 0.3 is 0 Å². The molecule has 0 bridgehead atoms. The van der Waals surface area contributed by atoms with Crippen LogP contribution >= 0.6 is 0 Å². The van der Waals surface area contributed by atoms with Crippen LogP contribution in [0.2, 0.25) is 0 Å². The Hall–Kier alpha value is -0.0400. The second-order valence-electron chi connectivity index (χ2n) is 5.42. The lowest BCUT2D eigenvalue weighted by Gasteiger charge is -2.32. The zero-order chi connectivity index (χ0) is 9.84. The van der Waals surface area contributed by atoms with Gasteiger partial charge in [-0.05, 0) is 43.6 Å². The van der Waals surface area contributed by atoms with Crippen LogP contribution in [-0.2, 0) is 0 Å². The molecule has 2 unspecified atom stereocenters. The summed E-state index contributed by atoms with van der Waals surface area (Å²) in [6.45, 7) is 10.5. The van der Waals surface area contributed by atoms with Gasteiger partial charge in [0.15, 0.2) is 0 Å². The summed E-state index contributed by atoms with van der Waals surface area (Å²) in [6.07, 6.45) is 4.20. The average molecular weight is 183 g/mol. The van der Waals surface area contributed by atoms with Gasteiger partial charge in [-0.25, -0.2) is 0 Å². The first-order chi connectivity index (χ1) is 6.08. The smallest absolute Gasteiger partial charge is 0.00722 e. The fraction of sp³-hybridized carbons (Fsp3) is 1.00. The van der Waals surface area contributed by atoms with Gasteiger partial charge in [0.05, 0.1) is 0 Å².